The van der Waals surface area contributed by atoms with Crippen LogP contribution in [0.4, 0.5) is 5.69 Å². The van der Waals surface area contributed by atoms with Crippen LogP contribution in [0.25, 0.3) is 0 Å². The number of benzene rings is 1. The van der Waals surface area contributed by atoms with E-state index in [2.05, 4.69) is 46.1 Å². The normalized spacial score (nSPS) is 10.7. The lowest BCUT2D eigenvalue weighted by Crippen LogP contribution is -2.18. The first kappa shape index (κ1) is 13.9. The van der Waals surface area contributed by atoms with Crippen LogP contribution in [0.15, 0.2) is 34.8 Å². The number of rotatable bonds is 4. The van der Waals surface area contributed by atoms with E-state index in [-0.39, 0.29) is 0 Å². The standard InChI is InChI=1S/C13H14BrClN2S/c1-17(8-11-3-5-13(15)18-11)12-4-2-10(14)6-9(12)7-16/h2-6H,7-8,16H2,1H3. The number of anilines is 1. The van der Waals surface area contributed by atoms with Gasteiger partial charge in [-0.05, 0) is 35.9 Å². The lowest BCUT2D eigenvalue weighted by atomic mass is 10.1. The highest BCUT2D eigenvalue weighted by Gasteiger charge is 2.09. The van der Waals surface area contributed by atoms with Gasteiger partial charge in [-0.15, -0.1) is 11.3 Å². The molecule has 5 heteroatoms. The number of hydrogen-bond donors (Lipinski definition) is 1. The van der Waals surface area contributed by atoms with E-state index in [9.17, 15) is 0 Å². The fourth-order valence-corrected chi connectivity index (χ4v) is 3.40. The quantitative estimate of drug-likeness (QED) is 0.897. The minimum atomic E-state index is 0.532. The largest absolute Gasteiger partial charge is 0.369 e. The molecule has 0 aliphatic carbocycles. The summed E-state index contributed by atoms with van der Waals surface area (Å²) in [5, 5.41) is 0. The molecule has 0 amide bonds. The molecule has 0 fully saturated rings. The monoisotopic (exact) mass is 344 g/mol. The Morgan fingerprint density at radius 3 is 2.72 bits per heavy atom. The Balaban J connectivity index is 2.20. The Morgan fingerprint density at radius 2 is 2.11 bits per heavy atom. The number of nitrogens with zero attached hydrogens (tertiary/aromatic N) is 1. The van der Waals surface area contributed by atoms with Gasteiger partial charge < -0.3 is 10.6 Å². The molecule has 0 radical (unpaired) electrons. The van der Waals surface area contributed by atoms with Crippen LogP contribution in [0, 0.1) is 0 Å². The Hall–Kier alpha value is -0.550. The third kappa shape index (κ3) is 3.26. The lowest BCUT2D eigenvalue weighted by Gasteiger charge is -2.21. The van der Waals surface area contributed by atoms with Crippen molar-refractivity contribution >= 4 is 44.6 Å². The van der Waals surface area contributed by atoms with Gasteiger partial charge in [0.05, 0.1) is 10.9 Å². The van der Waals surface area contributed by atoms with Gasteiger partial charge in [0, 0.05) is 28.6 Å². The zero-order valence-corrected chi connectivity index (χ0v) is 13.1. The van der Waals surface area contributed by atoms with Crippen molar-refractivity contribution in [3.8, 4) is 0 Å². The van der Waals surface area contributed by atoms with Crippen molar-refractivity contribution in [2.24, 2.45) is 5.73 Å². The summed E-state index contributed by atoms with van der Waals surface area (Å²) < 4.78 is 1.88. The van der Waals surface area contributed by atoms with Crippen LogP contribution in [0.5, 0.6) is 0 Å². The fourth-order valence-electron chi connectivity index (χ4n) is 1.85. The molecule has 2 nitrogen and oxygen atoms in total. The fraction of sp³-hybridized carbons (Fsp3) is 0.231. The second kappa shape index (κ2) is 6.06. The summed E-state index contributed by atoms with van der Waals surface area (Å²) in [6.07, 6.45) is 0. The number of halogens is 2. The van der Waals surface area contributed by atoms with Crippen molar-refractivity contribution in [2.75, 3.05) is 11.9 Å². The highest BCUT2D eigenvalue weighted by Crippen LogP contribution is 2.27. The first-order valence-corrected chi connectivity index (χ1v) is 7.52. The molecule has 0 saturated heterocycles. The van der Waals surface area contributed by atoms with Crippen LogP contribution >= 0.6 is 38.9 Å². The minimum Gasteiger partial charge on any atom is -0.369 e. The molecule has 0 aliphatic heterocycles. The summed E-state index contributed by atoms with van der Waals surface area (Å²) in [6.45, 7) is 1.37. The second-order valence-electron chi connectivity index (χ2n) is 4.04. The first-order chi connectivity index (χ1) is 8.60. The van der Waals surface area contributed by atoms with Gasteiger partial charge in [0.1, 0.15) is 0 Å². The van der Waals surface area contributed by atoms with Crippen LogP contribution in [-0.4, -0.2) is 7.05 Å². The molecular formula is C13H14BrClN2S. The van der Waals surface area contributed by atoms with E-state index in [1.807, 2.05) is 12.1 Å². The highest BCUT2D eigenvalue weighted by molar-refractivity contribution is 9.10. The third-order valence-electron chi connectivity index (χ3n) is 2.69. The zero-order valence-electron chi connectivity index (χ0n) is 9.99. The van der Waals surface area contributed by atoms with Crippen molar-refractivity contribution in [1.82, 2.24) is 0 Å². The van der Waals surface area contributed by atoms with Gasteiger partial charge in [0.25, 0.3) is 0 Å². The van der Waals surface area contributed by atoms with E-state index in [1.54, 1.807) is 11.3 Å². The maximum absolute atomic E-state index is 5.94. The van der Waals surface area contributed by atoms with Gasteiger partial charge in [-0.2, -0.15) is 0 Å². The van der Waals surface area contributed by atoms with Crippen molar-refractivity contribution in [2.45, 2.75) is 13.1 Å². The van der Waals surface area contributed by atoms with E-state index in [0.29, 0.717) is 6.54 Å². The summed E-state index contributed by atoms with van der Waals surface area (Å²) in [4.78, 5) is 3.44. The van der Waals surface area contributed by atoms with Gasteiger partial charge in [-0.1, -0.05) is 27.5 Å². The Kier molecular flexibility index (Phi) is 4.67. The molecule has 0 spiro atoms. The molecule has 2 aromatic rings. The summed E-state index contributed by atoms with van der Waals surface area (Å²) >= 11 is 11.0. The van der Waals surface area contributed by atoms with E-state index in [1.165, 1.54) is 4.88 Å². The Morgan fingerprint density at radius 1 is 1.33 bits per heavy atom. The zero-order chi connectivity index (χ0) is 13.1. The van der Waals surface area contributed by atoms with Crippen LogP contribution in [0.1, 0.15) is 10.4 Å². The average molecular weight is 346 g/mol. The van der Waals surface area contributed by atoms with Crippen molar-refractivity contribution in [3.63, 3.8) is 0 Å². The number of nitrogens with two attached hydrogens (primary N) is 1. The minimum absolute atomic E-state index is 0.532. The summed E-state index contributed by atoms with van der Waals surface area (Å²) in [7, 11) is 2.07. The molecule has 2 N–H and O–H groups in total. The summed E-state index contributed by atoms with van der Waals surface area (Å²) in [5.74, 6) is 0. The van der Waals surface area contributed by atoms with E-state index in [0.717, 1.165) is 26.6 Å². The molecule has 18 heavy (non-hydrogen) atoms. The third-order valence-corrected chi connectivity index (χ3v) is 4.40. The molecule has 0 aliphatic rings. The number of hydrogen-bond acceptors (Lipinski definition) is 3. The maximum atomic E-state index is 5.94. The molecule has 0 saturated carbocycles. The van der Waals surface area contributed by atoms with E-state index >= 15 is 0 Å². The van der Waals surface area contributed by atoms with E-state index in [4.69, 9.17) is 17.3 Å². The van der Waals surface area contributed by atoms with Crippen LogP contribution in [0.3, 0.4) is 0 Å². The first-order valence-electron chi connectivity index (χ1n) is 5.54. The molecule has 0 atom stereocenters. The molecule has 2 rings (SSSR count). The molecule has 1 aromatic carbocycles. The van der Waals surface area contributed by atoms with Crippen molar-refractivity contribution < 1.29 is 0 Å². The van der Waals surface area contributed by atoms with Crippen LogP contribution in [-0.2, 0) is 13.1 Å². The Bertz CT molecular complexity index is 542. The molecule has 1 heterocycles. The summed E-state index contributed by atoms with van der Waals surface area (Å²) in [6, 6.07) is 10.2. The van der Waals surface area contributed by atoms with Gasteiger partial charge >= 0.3 is 0 Å². The Labute approximate surface area is 124 Å². The topological polar surface area (TPSA) is 29.3 Å². The van der Waals surface area contributed by atoms with Crippen LogP contribution in [0.2, 0.25) is 4.34 Å². The predicted octanol–water partition coefficient (Wildman–Crippen LogP) is 4.26. The van der Waals surface area contributed by atoms with E-state index < -0.39 is 0 Å². The average Bonchev–Trinajstić information content (AvgIpc) is 2.74. The predicted molar refractivity (Wildman–Crippen MR) is 83.5 cm³/mol. The highest BCUT2D eigenvalue weighted by atomic mass is 79.9. The lowest BCUT2D eigenvalue weighted by molar-refractivity contribution is 0.917. The van der Waals surface area contributed by atoms with Crippen molar-refractivity contribution in [3.05, 3.63) is 49.6 Å². The molecule has 96 valence electrons. The van der Waals surface area contributed by atoms with Gasteiger partial charge in [0.15, 0.2) is 0 Å². The molecule has 0 bridgehead atoms. The smallest absolute Gasteiger partial charge is 0.0931 e. The van der Waals surface area contributed by atoms with Gasteiger partial charge in [-0.25, -0.2) is 0 Å². The molecular weight excluding hydrogens is 332 g/mol. The maximum Gasteiger partial charge on any atom is 0.0931 e. The molecule has 0 unspecified atom stereocenters. The summed E-state index contributed by atoms with van der Waals surface area (Å²) in [5.41, 5.74) is 8.08. The van der Waals surface area contributed by atoms with Crippen LogP contribution < -0.4 is 10.6 Å². The SMILES string of the molecule is CN(Cc1ccc(Cl)s1)c1ccc(Br)cc1CN. The second-order valence-corrected chi connectivity index (χ2v) is 6.75. The van der Waals surface area contributed by atoms with Gasteiger partial charge in [0.2, 0.25) is 0 Å². The van der Waals surface area contributed by atoms with Gasteiger partial charge in [-0.3, -0.25) is 0 Å². The van der Waals surface area contributed by atoms with Crippen molar-refractivity contribution in [1.29, 1.82) is 0 Å². The molecule has 1 aromatic heterocycles. The number of thiophene rings is 1.